The molecule has 2 aromatic carbocycles. The van der Waals surface area contributed by atoms with Gasteiger partial charge in [0.2, 0.25) is 5.91 Å². The number of nitrogens with zero attached hydrogens (tertiary/aromatic N) is 4. The van der Waals surface area contributed by atoms with Gasteiger partial charge in [0.25, 0.3) is 6.08 Å². The number of benzene rings is 2. The molecule has 0 spiro atoms. The van der Waals surface area contributed by atoms with Crippen molar-refractivity contribution in [2.45, 2.75) is 25.4 Å². The monoisotopic (exact) mass is 495 g/mol. The number of likely N-dealkylation sites (N-methyl/N-ethyl adjacent to an activating group) is 1. The Hall–Kier alpha value is -3.63. The molecule has 2 aromatic heterocycles. The van der Waals surface area contributed by atoms with E-state index in [0.717, 1.165) is 36.5 Å². The summed E-state index contributed by atoms with van der Waals surface area (Å²) >= 11 is 1.53. The molecule has 0 saturated carbocycles. The van der Waals surface area contributed by atoms with Crippen molar-refractivity contribution in [2.75, 3.05) is 18.5 Å². The lowest BCUT2D eigenvalue weighted by Crippen LogP contribution is -2.37. The predicted molar refractivity (Wildman–Crippen MR) is 132 cm³/mol. The first-order valence-corrected chi connectivity index (χ1v) is 11.9. The minimum absolute atomic E-state index is 0.0643. The van der Waals surface area contributed by atoms with Crippen LogP contribution in [0, 0.1) is 0 Å². The molecule has 2 N–H and O–H groups in total. The maximum absolute atomic E-state index is 13.1. The molecule has 35 heavy (non-hydrogen) atoms. The van der Waals surface area contributed by atoms with Crippen LogP contribution < -0.4 is 16.3 Å². The van der Waals surface area contributed by atoms with Gasteiger partial charge in [0.15, 0.2) is 0 Å². The highest BCUT2D eigenvalue weighted by Gasteiger charge is 2.31. The van der Waals surface area contributed by atoms with E-state index >= 15 is 0 Å². The first kappa shape index (κ1) is 23.1. The summed E-state index contributed by atoms with van der Waals surface area (Å²) in [6.07, 6.45) is 0.104. The summed E-state index contributed by atoms with van der Waals surface area (Å²) in [6, 6.07) is 16.0. The fourth-order valence-electron chi connectivity index (χ4n) is 4.47. The zero-order valence-electron chi connectivity index (χ0n) is 18.9. The van der Waals surface area contributed by atoms with Crippen LogP contribution in [-0.4, -0.2) is 33.8 Å². The van der Waals surface area contributed by atoms with Crippen molar-refractivity contribution in [2.24, 2.45) is 5.73 Å². The van der Waals surface area contributed by atoms with Gasteiger partial charge in [-0.2, -0.15) is 13.9 Å². The molecule has 0 aliphatic carbocycles. The Morgan fingerprint density at radius 2 is 1.97 bits per heavy atom. The van der Waals surface area contributed by atoms with Crippen molar-refractivity contribution < 1.29 is 13.6 Å². The first-order valence-electron chi connectivity index (χ1n) is 11.1. The van der Waals surface area contributed by atoms with Gasteiger partial charge in [0, 0.05) is 34.4 Å². The molecule has 1 aliphatic heterocycles. The van der Waals surface area contributed by atoms with Gasteiger partial charge in [-0.3, -0.25) is 9.36 Å². The van der Waals surface area contributed by atoms with E-state index in [2.05, 4.69) is 11.2 Å². The summed E-state index contributed by atoms with van der Waals surface area (Å²) < 4.78 is 29.2. The summed E-state index contributed by atoms with van der Waals surface area (Å²) in [7, 11) is 1.81. The van der Waals surface area contributed by atoms with Crippen molar-refractivity contribution in [3.05, 3.63) is 93.0 Å². The fourth-order valence-corrected chi connectivity index (χ4v) is 5.58. The van der Waals surface area contributed by atoms with Crippen molar-refractivity contribution in [1.82, 2.24) is 14.3 Å². The second-order valence-corrected chi connectivity index (χ2v) is 9.73. The van der Waals surface area contributed by atoms with Gasteiger partial charge < -0.3 is 10.6 Å². The third kappa shape index (κ3) is 4.30. The Bertz CT molecular complexity index is 1520. The Morgan fingerprint density at radius 3 is 2.74 bits per heavy atom. The zero-order valence-corrected chi connectivity index (χ0v) is 19.8. The van der Waals surface area contributed by atoms with E-state index in [9.17, 15) is 18.4 Å². The Balaban J connectivity index is 1.39. The van der Waals surface area contributed by atoms with Crippen molar-refractivity contribution in [3.63, 3.8) is 0 Å². The lowest BCUT2D eigenvalue weighted by atomic mass is 9.86. The molecule has 180 valence electrons. The van der Waals surface area contributed by atoms with Crippen molar-refractivity contribution in [3.8, 4) is 0 Å². The molecule has 7 nitrogen and oxygen atoms in total. The van der Waals surface area contributed by atoms with Gasteiger partial charge in [0.1, 0.15) is 6.33 Å². The Morgan fingerprint density at radius 1 is 1.17 bits per heavy atom. The summed E-state index contributed by atoms with van der Waals surface area (Å²) in [5.74, 6) is -0.194. The van der Waals surface area contributed by atoms with Crippen LogP contribution in [0.3, 0.4) is 0 Å². The van der Waals surface area contributed by atoms with E-state index in [-0.39, 0.29) is 37.0 Å². The van der Waals surface area contributed by atoms with E-state index in [1.165, 1.54) is 22.2 Å². The van der Waals surface area contributed by atoms with E-state index in [4.69, 9.17) is 5.73 Å². The van der Waals surface area contributed by atoms with Crippen LogP contribution in [-0.2, 0) is 24.3 Å². The first-order chi connectivity index (χ1) is 16.9. The molecule has 4 aromatic rings. The molecule has 0 saturated heterocycles. The van der Waals surface area contributed by atoms with Gasteiger partial charge in [0.05, 0.1) is 19.0 Å². The van der Waals surface area contributed by atoms with Gasteiger partial charge in [-0.05, 0) is 41.1 Å². The number of amides is 1. The predicted octanol–water partition coefficient (Wildman–Crippen LogP) is 3.72. The second-order valence-electron chi connectivity index (χ2n) is 8.56. The number of halogens is 2. The maximum Gasteiger partial charge on any atom is 0.346 e. The van der Waals surface area contributed by atoms with E-state index in [1.54, 1.807) is 11.9 Å². The van der Waals surface area contributed by atoms with Gasteiger partial charge in [-0.1, -0.05) is 30.3 Å². The average molecular weight is 496 g/mol. The number of thiophene rings is 1. The number of anilines is 1. The molecule has 1 unspecified atom stereocenters. The van der Waals surface area contributed by atoms with Crippen LogP contribution in [0.15, 0.2) is 71.3 Å². The summed E-state index contributed by atoms with van der Waals surface area (Å²) in [6.45, 7) is -0.412. The van der Waals surface area contributed by atoms with E-state index < -0.39 is 11.8 Å². The average Bonchev–Trinajstić information content (AvgIpc) is 3.41. The highest BCUT2D eigenvalue weighted by molar-refractivity contribution is 7.19. The number of para-hydroxylation sites is 1. The van der Waals surface area contributed by atoms with Crippen LogP contribution >= 0.6 is 11.3 Å². The number of hydrogen-bond acceptors (Lipinski definition) is 5. The maximum atomic E-state index is 13.1. The molecule has 1 amide bonds. The van der Waals surface area contributed by atoms with Crippen LogP contribution in [0.4, 0.5) is 14.5 Å². The molecular formula is C25H23F2N5O2S. The van der Waals surface area contributed by atoms with Crippen molar-refractivity contribution >= 4 is 33.0 Å². The molecule has 0 radical (unpaired) electrons. The zero-order chi connectivity index (χ0) is 24.7. The number of carbonyl (C=O) groups is 1. The molecule has 0 fully saturated rings. The summed E-state index contributed by atoms with van der Waals surface area (Å²) in [5, 5.41) is 4.96. The molecule has 0 bridgehead atoms. The number of hydrogen-bond donors (Lipinski definition) is 1. The molecule has 3 heterocycles. The van der Waals surface area contributed by atoms with E-state index in [1.807, 2.05) is 42.5 Å². The van der Waals surface area contributed by atoms with Crippen molar-refractivity contribution in [1.29, 1.82) is 0 Å². The lowest BCUT2D eigenvalue weighted by Gasteiger charge is -2.31. The minimum atomic E-state index is -1.89. The molecule has 1 atom stereocenters. The highest BCUT2D eigenvalue weighted by atomic mass is 32.1. The smallest absolute Gasteiger partial charge is 0.327 e. The fraction of sp³-hybridized carbons (Fsp3) is 0.240. The van der Waals surface area contributed by atoms with Crippen LogP contribution in [0.2, 0.25) is 0 Å². The second kappa shape index (κ2) is 9.20. The summed E-state index contributed by atoms with van der Waals surface area (Å²) in [5.41, 5.74) is 7.58. The molecular weight excluding hydrogens is 472 g/mol. The molecule has 5 rings (SSSR count). The highest BCUT2D eigenvalue weighted by Crippen LogP contribution is 2.36. The standard InChI is InChI=1S/C25H23F2N5O2S/c1-30-21-5-3-2-4-16(21)9-20(24(30)33)15-6-7-17-8-19(35-22(17)10-15)13-31-14-29-32(25(31)34)12-18(11-28)23(26)27/h2-8,10,14,20H,9,11-13,28H2,1H3. The van der Waals surface area contributed by atoms with Crippen LogP contribution in [0.5, 0.6) is 0 Å². The van der Waals surface area contributed by atoms with Crippen LogP contribution in [0.25, 0.3) is 10.1 Å². The third-order valence-corrected chi connectivity index (χ3v) is 7.46. The van der Waals surface area contributed by atoms with Crippen LogP contribution in [0.1, 0.15) is 21.9 Å². The largest absolute Gasteiger partial charge is 0.346 e. The Kier molecular flexibility index (Phi) is 6.08. The minimum Gasteiger partial charge on any atom is -0.327 e. The quantitative estimate of drug-likeness (QED) is 0.442. The SMILES string of the molecule is CN1C(=O)C(c2ccc3cc(Cn4cnn(CC(CN)=C(F)F)c4=O)sc3c2)Cc2ccccc21. The third-order valence-electron chi connectivity index (χ3n) is 6.38. The summed E-state index contributed by atoms with van der Waals surface area (Å²) in [4.78, 5) is 28.3. The number of aromatic nitrogens is 3. The lowest BCUT2D eigenvalue weighted by molar-refractivity contribution is -0.120. The van der Waals surface area contributed by atoms with Gasteiger partial charge in [-0.15, -0.1) is 11.3 Å². The normalized spacial score (nSPS) is 15.5. The molecule has 1 aliphatic rings. The Labute approximate surface area is 203 Å². The number of nitrogens with two attached hydrogens (primary N) is 1. The van der Waals surface area contributed by atoms with E-state index in [0.29, 0.717) is 6.42 Å². The number of rotatable bonds is 6. The van der Waals surface area contributed by atoms with Gasteiger partial charge >= 0.3 is 5.69 Å². The number of carbonyl (C=O) groups excluding carboxylic acids is 1. The molecule has 10 heteroatoms. The van der Waals surface area contributed by atoms with Gasteiger partial charge in [-0.25, -0.2) is 9.48 Å². The topological polar surface area (TPSA) is 86.2 Å². The number of fused-ring (bicyclic) bond motifs is 2.